The van der Waals surface area contributed by atoms with Crippen molar-refractivity contribution in [1.29, 1.82) is 0 Å². The Balaban J connectivity index is 1.19. The van der Waals surface area contributed by atoms with Crippen molar-refractivity contribution in [3.8, 4) is 22.4 Å². The molecule has 3 aliphatic rings. The van der Waals surface area contributed by atoms with Crippen molar-refractivity contribution < 1.29 is 4.79 Å². The maximum Gasteiger partial charge on any atom is 0.227 e. The van der Waals surface area contributed by atoms with E-state index in [2.05, 4.69) is 36.2 Å². The Hall–Kier alpha value is -4.83. The molecule has 5 aromatic heterocycles. The summed E-state index contributed by atoms with van der Waals surface area (Å²) >= 11 is 0. The molecule has 8 rings (SSSR count). The number of carbonyl (C=O) groups is 1. The number of amides is 1. The van der Waals surface area contributed by atoms with Crippen LogP contribution in [0.1, 0.15) is 36.2 Å². The van der Waals surface area contributed by atoms with Gasteiger partial charge in [-0.1, -0.05) is 12.5 Å². The second-order valence-corrected chi connectivity index (χ2v) is 10.6. The number of H-pyrrole nitrogens is 1. The van der Waals surface area contributed by atoms with Gasteiger partial charge in [0.1, 0.15) is 11.9 Å². The average molecular weight is 528 g/mol. The number of rotatable bonds is 5. The molecule has 0 aromatic carbocycles. The van der Waals surface area contributed by atoms with E-state index in [4.69, 9.17) is 15.0 Å². The molecule has 40 heavy (non-hydrogen) atoms. The van der Waals surface area contributed by atoms with E-state index >= 15 is 0 Å². The van der Waals surface area contributed by atoms with Gasteiger partial charge in [0.2, 0.25) is 5.91 Å². The summed E-state index contributed by atoms with van der Waals surface area (Å²) in [5.74, 6) is 0.837. The van der Waals surface area contributed by atoms with Crippen molar-refractivity contribution in [3.63, 3.8) is 0 Å². The maximum absolute atomic E-state index is 12.5. The van der Waals surface area contributed by atoms with Crippen LogP contribution < -0.4 is 5.32 Å². The number of aliphatic imine (C=N–C) groups is 1. The summed E-state index contributed by atoms with van der Waals surface area (Å²) < 4.78 is 0. The highest BCUT2D eigenvalue weighted by Gasteiger charge is 2.38. The third kappa shape index (κ3) is 4.04. The number of carbonyl (C=O) groups excluding carboxylic acids is 1. The van der Waals surface area contributed by atoms with Crippen molar-refractivity contribution in [2.24, 2.45) is 10.9 Å². The molecule has 2 N–H and O–H groups in total. The van der Waals surface area contributed by atoms with E-state index < -0.39 is 0 Å². The van der Waals surface area contributed by atoms with E-state index in [1.54, 1.807) is 24.8 Å². The number of anilines is 1. The second kappa shape index (κ2) is 9.13. The topological polar surface area (TPSA) is 125 Å². The Bertz CT molecular complexity index is 1810. The smallest absolute Gasteiger partial charge is 0.227 e. The number of hydrogen-bond acceptors (Lipinski definition) is 8. The number of imidazole rings is 1. The monoisotopic (exact) mass is 527 g/mol. The van der Waals surface area contributed by atoms with E-state index in [0.29, 0.717) is 17.2 Å². The number of aromatic nitrogens is 6. The van der Waals surface area contributed by atoms with Crippen LogP contribution in [0.2, 0.25) is 0 Å². The fraction of sp³-hybridized carbons (Fsp3) is 0.233. The molecular weight excluding hydrogens is 502 g/mol. The summed E-state index contributed by atoms with van der Waals surface area (Å²) in [4.78, 5) is 46.3. The van der Waals surface area contributed by atoms with Gasteiger partial charge in [-0.3, -0.25) is 29.6 Å². The lowest BCUT2D eigenvalue weighted by Gasteiger charge is -2.24. The molecule has 0 bridgehead atoms. The van der Waals surface area contributed by atoms with Crippen molar-refractivity contribution in [3.05, 3.63) is 84.5 Å². The van der Waals surface area contributed by atoms with E-state index in [-0.39, 0.29) is 18.0 Å². The summed E-state index contributed by atoms with van der Waals surface area (Å²) in [6, 6.07) is 9.90. The van der Waals surface area contributed by atoms with Gasteiger partial charge in [0.15, 0.2) is 11.5 Å². The molecule has 2 atom stereocenters. The van der Waals surface area contributed by atoms with Crippen LogP contribution in [0.3, 0.4) is 0 Å². The Morgan fingerprint density at radius 1 is 0.975 bits per heavy atom. The first-order valence-corrected chi connectivity index (χ1v) is 13.5. The highest BCUT2D eigenvalue weighted by molar-refractivity contribution is 6.13. The van der Waals surface area contributed by atoms with Crippen LogP contribution in [0.4, 0.5) is 5.69 Å². The van der Waals surface area contributed by atoms with Crippen LogP contribution in [0.15, 0.2) is 72.5 Å². The number of fused-ring (bicyclic) bond motifs is 3. The van der Waals surface area contributed by atoms with Crippen molar-refractivity contribution >= 4 is 28.5 Å². The largest absolute Gasteiger partial charge is 0.335 e. The number of aromatic amines is 1. The lowest BCUT2D eigenvalue weighted by Crippen LogP contribution is -2.28. The fourth-order valence-corrected chi connectivity index (χ4v) is 5.42. The second-order valence-electron chi connectivity index (χ2n) is 10.6. The molecule has 2 fully saturated rings. The maximum atomic E-state index is 12.5. The Labute approximate surface area is 229 Å². The van der Waals surface area contributed by atoms with E-state index in [9.17, 15) is 4.79 Å². The lowest BCUT2D eigenvalue weighted by molar-refractivity contribution is -0.122. The van der Waals surface area contributed by atoms with Gasteiger partial charge >= 0.3 is 0 Å². The molecule has 1 saturated heterocycles. The predicted molar refractivity (Wildman–Crippen MR) is 150 cm³/mol. The molecule has 2 aliphatic heterocycles. The van der Waals surface area contributed by atoms with E-state index in [0.717, 1.165) is 77.1 Å². The summed E-state index contributed by atoms with van der Waals surface area (Å²) in [5.41, 5.74) is 8.58. The van der Waals surface area contributed by atoms with Crippen molar-refractivity contribution in [2.45, 2.75) is 32.0 Å². The van der Waals surface area contributed by atoms with Crippen LogP contribution in [0.5, 0.6) is 0 Å². The first-order chi connectivity index (χ1) is 19.7. The van der Waals surface area contributed by atoms with Gasteiger partial charge in [-0.2, -0.15) is 0 Å². The zero-order valence-corrected chi connectivity index (χ0v) is 21.6. The molecule has 1 amide bonds. The number of nitrogens with one attached hydrogen (secondary N) is 2. The minimum Gasteiger partial charge on any atom is -0.335 e. The van der Waals surface area contributed by atoms with Crippen molar-refractivity contribution in [2.75, 3.05) is 11.9 Å². The average Bonchev–Trinajstić information content (AvgIpc) is 3.57. The van der Waals surface area contributed by atoms with Gasteiger partial charge in [0.25, 0.3) is 0 Å². The highest BCUT2D eigenvalue weighted by atomic mass is 16.1. The minimum atomic E-state index is 0.0620. The normalized spacial score (nSPS) is 19.6. The molecule has 0 radical (unpaired) electrons. The molecule has 0 spiro atoms. The molecular formula is C30H25N9O. The third-order valence-electron chi connectivity index (χ3n) is 7.95. The van der Waals surface area contributed by atoms with Gasteiger partial charge in [-0.05, 0) is 42.7 Å². The summed E-state index contributed by atoms with van der Waals surface area (Å²) in [7, 11) is 0. The Morgan fingerprint density at radius 3 is 2.75 bits per heavy atom. The van der Waals surface area contributed by atoms with Gasteiger partial charge in [-0.15, -0.1) is 0 Å². The molecule has 10 heteroatoms. The Kier molecular flexibility index (Phi) is 5.27. The standard InChI is InChI=1S/C30H25N9O/c40-30(17-3-1-4-17)35-21-9-19(12-32-14-21)24-10-23-20(13-34-24)15-39-16-25(39)36-27(23)29-37-26-22(6-8-33-28(26)38-29)18-5-2-7-31-11-18/h2,5-14,17,25H,1,3-4,15-16H2,(H,35,40)(H,33,37,38). The lowest BCUT2D eigenvalue weighted by atomic mass is 9.85. The summed E-state index contributed by atoms with van der Waals surface area (Å²) in [5, 5.41) is 3.02. The minimum absolute atomic E-state index is 0.0620. The molecule has 1 saturated carbocycles. The van der Waals surface area contributed by atoms with E-state index in [1.165, 1.54) is 0 Å². The summed E-state index contributed by atoms with van der Waals surface area (Å²) in [6.45, 7) is 1.69. The van der Waals surface area contributed by atoms with E-state index in [1.807, 2.05) is 36.7 Å². The SMILES string of the molecule is O=C(Nc1cncc(-c2cc3c(cn2)CN2CC2N=C3c2nc3nccc(-c4cccnc4)c3[nH]2)c1)C1CCC1. The van der Waals surface area contributed by atoms with Crippen LogP contribution in [0.25, 0.3) is 33.5 Å². The molecule has 1 aliphatic carbocycles. The quantitative estimate of drug-likeness (QED) is 0.328. The zero-order valence-electron chi connectivity index (χ0n) is 21.6. The first kappa shape index (κ1) is 23.1. The molecule has 2 unspecified atom stereocenters. The highest BCUT2D eigenvalue weighted by Crippen LogP contribution is 2.33. The number of pyridine rings is 4. The molecule has 7 heterocycles. The van der Waals surface area contributed by atoms with Crippen LogP contribution >= 0.6 is 0 Å². The van der Waals surface area contributed by atoms with Gasteiger partial charge < -0.3 is 10.3 Å². The fourth-order valence-electron chi connectivity index (χ4n) is 5.42. The van der Waals surface area contributed by atoms with Crippen molar-refractivity contribution in [1.82, 2.24) is 34.8 Å². The van der Waals surface area contributed by atoms with Crippen LogP contribution in [-0.2, 0) is 11.3 Å². The van der Waals surface area contributed by atoms with Gasteiger partial charge in [-0.25, -0.2) is 9.97 Å². The van der Waals surface area contributed by atoms with Gasteiger partial charge in [0, 0.05) is 72.2 Å². The third-order valence-corrected chi connectivity index (χ3v) is 7.95. The van der Waals surface area contributed by atoms with Crippen LogP contribution in [-0.4, -0.2) is 59.1 Å². The zero-order chi connectivity index (χ0) is 26.6. The predicted octanol–water partition coefficient (Wildman–Crippen LogP) is 4.21. The summed E-state index contributed by atoms with van der Waals surface area (Å²) in [6.07, 6.45) is 13.9. The Morgan fingerprint density at radius 2 is 1.90 bits per heavy atom. The van der Waals surface area contributed by atoms with Crippen LogP contribution in [0, 0.1) is 5.92 Å². The number of hydrogen-bond donors (Lipinski definition) is 2. The number of nitrogens with zero attached hydrogens (tertiary/aromatic N) is 7. The molecule has 5 aromatic rings. The molecule has 10 nitrogen and oxygen atoms in total. The van der Waals surface area contributed by atoms with Gasteiger partial charge in [0.05, 0.1) is 23.1 Å². The first-order valence-electron chi connectivity index (χ1n) is 13.5. The molecule has 196 valence electrons.